The van der Waals surface area contributed by atoms with E-state index in [2.05, 4.69) is 5.32 Å². The number of ketones is 1. The van der Waals surface area contributed by atoms with Crippen LogP contribution in [0.25, 0.3) is 0 Å². The number of halogens is 3. The minimum atomic E-state index is -1.29. The van der Waals surface area contributed by atoms with Crippen LogP contribution in [0.2, 0.25) is 0 Å². The van der Waals surface area contributed by atoms with Crippen LogP contribution in [0.15, 0.2) is 36.4 Å². The van der Waals surface area contributed by atoms with Gasteiger partial charge in [-0.3, -0.25) is 14.4 Å². The Kier molecular flexibility index (Phi) is 10.4. The molecule has 1 aliphatic heterocycles. The maximum Gasteiger partial charge on any atom is 0.253 e. The quantitative estimate of drug-likeness (QED) is 0.403. The number of nitrogens with zero attached hydrogens (tertiary/aromatic N) is 1. The molecular weight excluding hydrogens is 507 g/mol. The van der Waals surface area contributed by atoms with Crippen molar-refractivity contribution in [3.63, 3.8) is 0 Å². The molecule has 37 heavy (non-hydrogen) atoms. The van der Waals surface area contributed by atoms with Crippen molar-refractivity contribution in [2.45, 2.75) is 50.6 Å². The van der Waals surface area contributed by atoms with Crippen molar-refractivity contribution < 1.29 is 32.3 Å². The summed E-state index contributed by atoms with van der Waals surface area (Å²) < 4.78 is 45.9. The van der Waals surface area contributed by atoms with Crippen molar-refractivity contribution in [2.24, 2.45) is 5.73 Å². The van der Waals surface area contributed by atoms with E-state index in [1.807, 2.05) is 6.92 Å². The highest BCUT2D eigenvalue weighted by Gasteiger charge is 2.35. The molecule has 2 atom stereocenters. The van der Waals surface area contributed by atoms with Crippen molar-refractivity contribution in [3.8, 4) is 5.75 Å². The number of carbonyl (C=O) groups excluding carboxylic acids is 3. The number of hydrogen-bond acceptors (Lipinski definition) is 6. The highest BCUT2D eigenvalue weighted by atomic mass is 32.2. The Morgan fingerprint density at radius 1 is 1.14 bits per heavy atom. The molecule has 7 nitrogen and oxygen atoms in total. The third-order valence-electron chi connectivity index (χ3n) is 5.76. The molecule has 1 unspecified atom stereocenters. The molecule has 0 spiro atoms. The van der Waals surface area contributed by atoms with Crippen LogP contribution in [-0.4, -0.2) is 52.8 Å². The van der Waals surface area contributed by atoms with E-state index in [1.165, 1.54) is 16.7 Å². The largest absolute Gasteiger partial charge is 0.486 e. The van der Waals surface area contributed by atoms with Crippen LogP contribution in [0.5, 0.6) is 5.75 Å². The molecule has 2 aromatic carbocycles. The smallest absolute Gasteiger partial charge is 0.253 e. The van der Waals surface area contributed by atoms with E-state index in [-0.39, 0.29) is 49.2 Å². The van der Waals surface area contributed by atoms with E-state index in [1.54, 1.807) is 24.3 Å². The lowest BCUT2D eigenvalue weighted by molar-refractivity contribution is -0.136. The molecule has 0 aliphatic carbocycles. The Labute approximate surface area is 217 Å². The fraction of sp³-hybridized carbons (Fsp3) is 0.423. The Hall–Kier alpha value is -3.05. The zero-order chi connectivity index (χ0) is 26.9. The van der Waals surface area contributed by atoms with Crippen molar-refractivity contribution in [3.05, 3.63) is 65.0 Å². The zero-order valence-corrected chi connectivity index (χ0v) is 21.3. The Morgan fingerprint density at radius 2 is 1.84 bits per heavy atom. The van der Waals surface area contributed by atoms with Gasteiger partial charge in [-0.25, -0.2) is 13.2 Å². The number of thioether (sulfide) groups is 1. The second kappa shape index (κ2) is 13.5. The summed E-state index contributed by atoms with van der Waals surface area (Å²) in [5.74, 6) is -2.96. The van der Waals surface area contributed by atoms with Gasteiger partial charge in [0.1, 0.15) is 18.2 Å². The SMILES string of the molecule is CCCC(=O)COc1ccc(CNC(=O)C2SCCN2C(=O)C[C@H](N)Cc2cc(F)c(F)cc2F)cc1. The molecule has 1 fully saturated rings. The van der Waals surface area contributed by atoms with Crippen molar-refractivity contribution >= 4 is 29.4 Å². The van der Waals surface area contributed by atoms with E-state index in [4.69, 9.17) is 10.5 Å². The van der Waals surface area contributed by atoms with Gasteiger partial charge < -0.3 is 20.7 Å². The number of Topliss-reactive ketones (excluding diaryl/α,β-unsaturated/α-hetero) is 1. The van der Waals surface area contributed by atoms with Crippen molar-refractivity contribution in [1.82, 2.24) is 10.2 Å². The van der Waals surface area contributed by atoms with Gasteiger partial charge in [-0.2, -0.15) is 0 Å². The second-order valence-corrected chi connectivity index (χ2v) is 9.96. The average Bonchev–Trinajstić information content (AvgIpc) is 3.36. The first kappa shape index (κ1) is 28.5. The van der Waals surface area contributed by atoms with E-state index < -0.39 is 28.9 Å². The number of carbonyl (C=O) groups is 3. The van der Waals surface area contributed by atoms with Gasteiger partial charge in [0.05, 0.1) is 0 Å². The minimum absolute atomic E-state index is 0.0199. The summed E-state index contributed by atoms with van der Waals surface area (Å²) in [6, 6.07) is 7.35. The number of benzene rings is 2. The summed E-state index contributed by atoms with van der Waals surface area (Å²) in [6.07, 6.45) is 0.915. The second-order valence-electron chi connectivity index (χ2n) is 8.78. The topological polar surface area (TPSA) is 102 Å². The number of hydrogen-bond donors (Lipinski definition) is 2. The van der Waals surface area contributed by atoms with Gasteiger partial charge in [-0.15, -0.1) is 11.8 Å². The van der Waals surface area contributed by atoms with Gasteiger partial charge in [0, 0.05) is 43.8 Å². The Balaban J connectivity index is 1.49. The normalized spacial score (nSPS) is 15.9. The lowest BCUT2D eigenvalue weighted by atomic mass is 10.0. The molecule has 0 radical (unpaired) electrons. The average molecular weight is 538 g/mol. The molecule has 3 rings (SSSR count). The fourth-order valence-electron chi connectivity index (χ4n) is 3.85. The van der Waals surface area contributed by atoms with Crippen LogP contribution in [0, 0.1) is 17.5 Å². The molecule has 1 aliphatic rings. The minimum Gasteiger partial charge on any atom is -0.486 e. The molecule has 0 aromatic heterocycles. The molecular formula is C26H30F3N3O4S. The third kappa shape index (κ3) is 8.22. The molecule has 0 saturated carbocycles. The monoisotopic (exact) mass is 537 g/mol. The van der Waals surface area contributed by atoms with Crippen LogP contribution >= 0.6 is 11.8 Å². The van der Waals surface area contributed by atoms with Gasteiger partial charge in [0.25, 0.3) is 5.91 Å². The number of rotatable bonds is 12. The van der Waals surface area contributed by atoms with E-state index in [0.717, 1.165) is 18.1 Å². The molecule has 0 bridgehead atoms. The third-order valence-corrected chi connectivity index (χ3v) is 6.97. The summed E-state index contributed by atoms with van der Waals surface area (Å²) in [4.78, 5) is 38.6. The zero-order valence-electron chi connectivity index (χ0n) is 20.5. The fourth-order valence-corrected chi connectivity index (χ4v) is 5.02. The van der Waals surface area contributed by atoms with E-state index in [9.17, 15) is 27.6 Å². The van der Waals surface area contributed by atoms with Gasteiger partial charge in [0.15, 0.2) is 22.8 Å². The summed E-state index contributed by atoms with van der Waals surface area (Å²) >= 11 is 1.32. The van der Waals surface area contributed by atoms with Crippen LogP contribution in [0.3, 0.4) is 0 Å². The standard InChI is InChI=1S/C26H30F3N3O4S/c1-2-3-19(33)15-36-20-6-4-16(5-7-20)14-31-25(35)26-32(8-9-37-26)24(34)12-18(30)10-17-11-22(28)23(29)13-21(17)27/h4-7,11,13,18,26H,2-3,8-10,12,14-15,30H2,1H3,(H,31,35)/t18-,26?/m1/s1. The highest BCUT2D eigenvalue weighted by Crippen LogP contribution is 2.25. The van der Waals surface area contributed by atoms with Crippen LogP contribution in [0.1, 0.15) is 37.3 Å². The number of amides is 2. The number of ether oxygens (including phenoxy) is 1. The Bertz CT molecular complexity index is 1120. The number of nitrogens with two attached hydrogens (primary N) is 1. The highest BCUT2D eigenvalue weighted by molar-refractivity contribution is 8.00. The summed E-state index contributed by atoms with van der Waals surface area (Å²) in [5, 5.41) is 2.09. The summed E-state index contributed by atoms with van der Waals surface area (Å²) in [7, 11) is 0. The molecule has 1 heterocycles. The van der Waals surface area contributed by atoms with Crippen molar-refractivity contribution in [1.29, 1.82) is 0 Å². The van der Waals surface area contributed by atoms with Crippen molar-refractivity contribution in [2.75, 3.05) is 18.9 Å². The maximum atomic E-state index is 13.9. The number of nitrogens with one attached hydrogen (secondary N) is 1. The first-order chi connectivity index (χ1) is 17.7. The Morgan fingerprint density at radius 3 is 2.54 bits per heavy atom. The van der Waals surface area contributed by atoms with Crippen LogP contribution in [-0.2, 0) is 27.3 Å². The lowest BCUT2D eigenvalue weighted by Gasteiger charge is -2.24. The predicted molar refractivity (Wildman–Crippen MR) is 134 cm³/mol. The van der Waals surface area contributed by atoms with Crippen LogP contribution in [0.4, 0.5) is 13.2 Å². The van der Waals surface area contributed by atoms with Gasteiger partial charge >= 0.3 is 0 Å². The molecule has 2 aromatic rings. The van der Waals surface area contributed by atoms with Gasteiger partial charge in [-0.05, 0) is 42.2 Å². The molecule has 3 N–H and O–H groups in total. The molecule has 2 amide bonds. The summed E-state index contributed by atoms with van der Waals surface area (Å²) in [5.41, 5.74) is 6.69. The van der Waals surface area contributed by atoms with Gasteiger partial charge in [0.2, 0.25) is 5.91 Å². The first-order valence-corrected chi connectivity index (χ1v) is 13.0. The molecule has 200 valence electrons. The van der Waals surface area contributed by atoms with Gasteiger partial charge in [-0.1, -0.05) is 19.1 Å². The molecule has 1 saturated heterocycles. The van der Waals surface area contributed by atoms with Crippen LogP contribution < -0.4 is 15.8 Å². The first-order valence-electron chi connectivity index (χ1n) is 12.0. The molecule has 11 heteroatoms. The predicted octanol–water partition coefficient (Wildman–Crippen LogP) is 3.33. The summed E-state index contributed by atoms with van der Waals surface area (Å²) in [6.45, 7) is 2.54. The van der Waals surface area contributed by atoms with E-state index >= 15 is 0 Å². The van der Waals surface area contributed by atoms with E-state index in [0.29, 0.717) is 30.5 Å². The lowest BCUT2D eigenvalue weighted by Crippen LogP contribution is -2.46. The maximum absolute atomic E-state index is 13.9.